The van der Waals surface area contributed by atoms with E-state index in [1.54, 1.807) is 31.4 Å². The van der Waals surface area contributed by atoms with Crippen molar-refractivity contribution in [1.29, 1.82) is 0 Å². The lowest BCUT2D eigenvalue weighted by Crippen LogP contribution is -2.31. The van der Waals surface area contributed by atoms with Gasteiger partial charge in [0.15, 0.2) is 0 Å². The number of ether oxygens (including phenoxy) is 1. The number of hydrogen-bond donors (Lipinski definition) is 0. The first-order chi connectivity index (χ1) is 13.4. The molecule has 3 rings (SSSR count). The second-order valence-corrected chi connectivity index (χ2v) is 8.15. The van der Waals surface area contributed by atoms with Crippen LogP contribution in [0.3, 0.4) is 0 Å². The van der Waals surface area contributed by atoms with Gasteiger partial charge in [0.05, 0.1) is 18.6 Å². The fourth-order valence-corrected chi connectivity index (χ4v) is 3.96. The molecule has 0 aliphatic carbocycles. The number of halogens is 1. The molecule has 0 bridgehead atoms. The van der Waals surface area contributed by atoms with Crippen LogP contribution in [-0.2, 0) is 16.6 Å². The molecule has 0 atom stereocenters. The average Bonchev–Trinajstić information content (AvgIpc) is 3.17. The first-order valence-electron chi connectivity index (χ1n) is 8.27. The molecular formula is C19H18ClN3O4S. The second kappa shape index (κ2) is 8.55. The highest BCUT2D eigenvalue weighted by Gasteiger charge is 2.26. The molecule has 0 saturated heterocycles. The zero-order chi connectivity index (χ0) is 20.1. The summed E-state index contributed by atoms with van der Waals surface area (Å²) in [6.07, 6.45) is 1.49. The molecule has 1 aromatic heterocycles. The summed E-state index contributed by atoms with van der Waals surface area (Å²) >= 11 is 5.85. The molecule has 1 heterocycles. The van der Waals surface area contributed by atoms with Crippen LogP contribution in [0, 0.1) is 0 Å². The van der Waals surface area contributed by atoms with Crippen LogP contribution in [0.2, 0.25) is 5.02 Å². The molecule has 7 nitrogen and oxygen atoms in total. The van der Waals surface area contributed by atoms with E-state index in [0.29, 0.717) is 16.6 Å². The SMILES string of the molecule is C=CCN(Cc1nc(-c2ccc(OC)cc2)no1)S(=O)(=O)c1ccc(Cl)cc1. The number of aromatic nitrogens is 2. The zero-order valence-corrected chi connectivity index (χ0v) is 16.7. The van der Waals surface area contributed by atoms with Crippen molar-refractivity contribution in [3.8, 4) is 17.1 Å². The summed E-state index contributed by atoms with van der Waals surface area (Å²) in [4.78, 5) is 4.42. The Kier molecular flexibility index (Phi) is 6.13. The van der Waals surface area contributed by atoms with Crippen molar-refractivity contribution >= 4 is 21.6 Å². The van der Waals surface area contributed by atoms with E-state index in [1.165, 1.54) is 34.6 Å². The molecule has 146 valence electrons. The van der Waals surface area contributed by atoms with Crippen LogP contribution in [-0.4, -0.2) is 36.5 Å². The van der Waals surface area contributed by atoms with Crippen molar-refractivity contribution in [3.05, 3.63) is 72.1 Å². The molecule has 0 fully saturated rings. The summed E-state index contributed by atoms with van der Waals surface area (Å²) in [7, 11) is -2.20. The normalized spacial score (nSPS) is 11.5. The minimum atomic E-state index is -3.78. The van der Waals surface area contributed by atoms with E-state index in [9.17, 15) is 8.42 Å². The van der Waals surface area contributed by atoms with E-state index >= 15 is 0 Å². The fourth-order valence-electron chi connectivity index (χ4n) is 2.47. The Labute approximate surface area is 168 Å². The van der Waals surface area contributed by atoms with Crippen molar-refractivity contribution in [1.82, 2.24) is 14.4 Å². The van der Waals surface area contributed by atoms with Gasteiger partial charge in [-0.2, -0.15) is 9.29 Å². The Hall–Kier alpha value is -2.68. The summed E-state index contributed by atoms with van der Waals surface area (Å²) < 4.78 is 37.4. The summed E-state index contributed by atoms with van der Waals surface area (Å²) in [5.74, 6) is 1.24. The molecule has 0 amide bonds. The zero-order valence-electron chi connectivity index (χ0n) is 15.1. The smallest absolute Gasteiger partial charge is 0.243 e. The van der Waals surface area contributed by atoms with E-state index in [1.807, 2.05) is 0 Å². The van der Waals surface area contributed by atoms with E-state index < -0.39 is 10.0 Å². The lowest BCUT2D eigenvalue weighted by molar-refractivity contribution is 0.327. The lowest BCUT2D eigenvalue weighted by atomic mass is 10.2. The molecule has 0 radical (unpaired) electrons. The van der Waals surface area contributed by atoms with E-state index in [4.69, 9.17) is 20.9 Å². The molecule has 2 aromatic carbocycles. The first kappa shape index (κ1) is 20.1. The molecule has 0 aliphatic rings. The third kappa shape index (κ3) is 4.41. The second-order valence-electron chi connectivity index (χ2n) is 5.78. The molecular weight excluding hydrogens is 402 g/mol. The van der Waals surface area contributed by atoms with Gasteiger partial charge in [0.25, 0.3) is 0 Å². The summed E-state index contributed by atoms with van der Waals surface area (Å²) in [5, 5.41) is 4.38. The molecule has 9 heteroatoms. The molecule has 3 aromatic rings. The number of benzene rings is 2. The van der Waals surface area contributed by atoms with E-state index in [0.717, 1.165) is 5.56 Å². The van der Waals surface area contributed by atoms with Crippen LogP contribution in [0.25, 0.3) is 11.4 Å². The van der Waals surface area contributed by atoms with Crippen molar-refractivity contribution in [3.63, 3.8) is 0 Å². The number of methoxy groups -OCH3 is 1. The monoisotopic (exact) mass is 419 g/mol. The predicted octanol–water partition coefficient (Wildman–Crippen LogP) is 3.78. The van der Waals surface area contributed by atoms with Gasteiger partial charge in [-0.25, -0.2) is 8.42 Å². The van der Waals surface area contributed by atoms with Gasteiger partial charge in [-0.05, 0) is 48.5 Å². The number of hydrogen-bond acceptors (Lipinski definition) is 6. The minimum Gasteiger partial charge on any atom is -0.497 e. The first-order valence-corrected chi connectivity index (χ1v) is 10.1. The minimum absolute atomic E-state index is 0.0832. The molecule has 0 unspecified atom stereocenters. The third-order valence-corrected chi connectivity index (χ3v) is 5.99. The average molecular weight is 420 g/mol. The fraction of sp³-hybridized carbons (Fsp3) is 0.158. The largest absolute Gasteiger partial charge is 0.497 e. The van der Waals surface area contributed by atoms with Crippen LogP contribution >= 0.6 is 11.6 Å². The maximum atomic E-state index is 12.9. The van der Waals surface area contributed by atoms with Crippen molar-refractivity contribution in [2.75, 3.05) is 13.7 Å². The van der Waals surface area contributed by atoms with Gasteiger partial charge in [-0.1, -0.05) is 22.8 Å². The van der Waals surface area contributed by atoms with Gasteiger partial charge in [0.1, 0.15) is 5.75 Å². The van der Waals surface area contributed by atoms with Gasteiger partial charge in [-0.15, -0.1) is 6.58 Å². The third-order valence-electron chi connectivity index (χ3n) is 3.91. The highest BCUT2D eigenvalue weighted by Crippen LogP contribution is 2.23. The standard InChI is InChI=1S/C19H18ClN3O4S/c1-3-12-23(28(24,25)17-10-6-15(20)7-11-17)13-18-21-19(22-27-18)14-4-8-16(26-2)9-5-14/h3-11H,1,12-13H2,2H3. The van der Waals surface area contributed by atoms with E-state index in [-0.39, 0.29) is 23.9 Å². The molecule has 0 saturated carbocycles. The van der Waals surface area contributed by atoms with Gasteiger partial charge in [-0.3, -0.25) is 0 Å². The van der Waals surface area contributed by atoms with Gasteiger partial charge < -0.3 is 9.26 Å². The molecule has 0 aliphatic heterocycles. The van der Waals surface area contributed by atoms with E-state index in [2.05, 4.69) is 16.7 Å². The van der Waals surface area contributed by atoms with Gasteiger partial charge >= 0.3 is 0 Å². The topological polar surface area (TPSA) is 85.5 Å². The Balaban J connectivity index is 1.83. The summed E-state index contributed by atoms with van der Waals surface area (Å²) in [6.45, 7) is 3.63. The highest BCUT2D eigenvalue weighted by molar-refractivity contribution is 7.89. The maximum absolute atomic E-state index is 12.9. The maximum Gasteiger partial charge on any atom is 0.243 e. The van der Waals surface area contributed by atoms with Crippen LogP contribution in [0.5, 0.6) is 5.75 Å². The van der Waals surface area contributed by atoms with Crippen LogP contribution in [0.4, 0.5) is 0 Å². The van der Waals surface area contributed by atoms with Crippen molar-refractivity contribution in [2.24, 2.45) is 0 Å². The van der Waals surface area contributed by atoms with Gasteiger partial charge in [0.2, 0.25) is 21.7 Å². The Morgan fingerprint density at radius 3 is 2.46 bits per heavy atom. The van der Waals surface area contributed by atoms with Crippen LogP contribution < -0.4 is 4.74 Å². The number of nitrogens with zero attached hydrogens (tertiary/aromatic N) is 3. The quantitative estimate of drug-likeness (QED) is 0.516. The Morgan fingerprint density at radius 1 is 1.18 bits per heavy atom. The predicted molar refractivity (Wildman–Crippen MR) is 106 cm³/mol. The summed E-state index contributed by atoms with van der Waals surface area (Å²) in [5.41, 5.74) is 0.728. The molecule has 0 spiro atoms. The number of rotatable bonds is 8. The molecule has 0 N–H and O–H groups in total. The molecule has 28 heavy (non-hydrogen) atoms. The van der Waals surface area contributed by atoms with Crippen molar-refractivity contribution < 1.29 is 17.7 Å². The van der Waals surface area contributed by atoms with Gasteiger partial charge in [0, 0.05) is 17.1 Å². The Bertz CT molecular complexity index is 1050. The Morgan fingerprint density at radius 2 is 1.86 bits per heavy atom. The van der Waals surface area contributed by atoms with Crippen LogP contribution in [0.15, 0.2) is 70.6 Å². The summed E-state index contributed by atoms with van der Waals surface area (Å²) in [6, 6.07) is 13.1. The van der Waals surface area contributed by atoms with Crippen LogP contribution in [0.1, 0.15) is 5.89 Å². The highest BCUT2D eigenvalue weighted by atomic mass is 35.5. The lowest BCUT2D eigenvalue weighted by Gasteiger charge is -2.18. The van der Waals surface area contributed by atoms with Crippen molar-refractivity contribution in [2.45, 2.75) is 11.4 Å². The number of sulfonamides is 1.